The van der Waals surface area contributed by atoms with Gasteiger partial charge in [-0.1, -0.05) is 20.3 Å². The monoisotopic (exact) mass is 349 g/mol. The van der Waals surface area contributed by atoms with Crippen molar-refractivity contribution < 1.29 is 19.1 Å². The first-order valence-electron chi connectivity index (χ1n) is 8.18. The van der Waals surface area contributed by atoms with Gasteiger partial charge in [0.15, 0.2) is 10.6 Å². The minimum absolute atomic E-state index is 0.00403. The van der Waals surface area contributed by atoms with E-state index in [1.807, 2.05) is 25.1 Å². The number of anilines is 1. The average Bonchev–Trinajstić information content (AvgIpc) is 2.95. The van der Waals surface area contributed by atoms with Crippen molar-refractivity contribution in [2.24, 2.45) is 0 Å². The van der Waals surface area contributed by atoms with E-state index in [2.05, 4.69) is 12.2 Å². The third-order valence-corrected chi connectivity index (χ3v) is 4.64. The number of carbonyl (C=O) groups is 2. The van der Waals surface area contributed by atoms with Crippen LogP contribution in [0.1, 0.15) is 49.2 Å². The molecular formula is C18H23NO4S. The number of ether oxygens (including phenoxy) is 2. The maximum atomic E-state index is 12.0. The molecule has 0 radical (unpaired) electrons. The van der Waals surface area contributed by atoms with Crippen LogP contribution in [-0.4, -0.2) is 25.6 Å². The molecule has 0 aliphatic carbocycles. The van der Waals surface area contributed by atoms with Gasteiger partial charge in [-0.05, 0) is 31.0 Å². The predicted octanol–water partition coefficient (Wildman–Crippen LogP) is 4.61. The van der Waals surface area contributed by atoms with Crippen LogP contribution in [0.2, 0.25) is 0 Å². The molecule has 6 heteroatoms. The molecule has 0 atom stereocenters. The SMILES string of the molecule is CCCCC(=O)Nc1ccc2sc(C(=O)OC)c(OCCC)c2c1. The molecule has 1 aromatic carbocycles. The topological polar surface area (TPSA) is 64.6 Å². The standard InChI is InChI=1S/C18H23NO4S/c1-4-6-7-15(20)19-12-8-9-14-13(11-12)16(23-10-5-2)17(24-14)18(21)22-3/h8-9,11H,4-7,10H2,1-3H3,(H,19,20). The van der Waals surface area contributed by atoms with Gasteiger partial charge in [-0.2, -0.15) is 0 Å². The average molecular weight is 349 g/mol. The first kappa shape index (κ1) is 18.3. The fraction of sp³-hybridized carbons (Fsp3) is 0.444. The van der Waals surface area contributed by atoms with Crippen molar-refractivity contribution in [1.82, 2.24) is 0 Å². The first-order valence-corrected chi connectivity index (χ1v) is 8.99. The molecule has 1 amide bonds. The summed E-state index contributed by atoms with van der Waals surface area (Å²) in [5.74, 6) is 0.125. The third kappa shape index (κ3) is 4.26. The van der Waals surface area contributed by atoms with Gasteiger partial charge in [0.2, 0.25) is 5.91 Å². The van der Waals surface area contributed by atoms with Crippen LogP contribution in [0.15, 0.2) is 18.2 Å². The zero-order valence-corrected chi connectivity index (χ0v) is 15.1. The maximum Gasteiger partial charge on any atom is 0.351 e. The van der Waals surface area contributed by atoms with Crippen molar-refractivity contribution >= 4 is 39.0 Å². The lowest BCUT2D eigenvalue weighted by atomic mass is 10.2. The summed E-state index contributed by atoms with van der Waals surface area (Å²) in [6, 6.07) is 5.58. The Morgan fingerprint density at radius 1 is 1.21 bits per heavy atom. The lowest BCUT2D eigenvalue weighted by Gasteiger charge is -2.08. The number of unbranched alkanes of at least 4 members (excludes halogenated alkanes) is 1. The number of amides is 1. The molecule has 0 saturated carbocycles. The molecule has 24 heavy (non-hydrogen) atoms. The Kier molecular flexibility index (Phi) is 6.61. The summed E-state index contributed by atoms with van der Waals surface area (Å²) in [5.41, 5.74) is 0.708. The predicted molar refractivity (Wildman–Crippen MR) is 97.1 cm³/mol. The van der Waals surface area contributed by atoms with E-state index in [9.17, 15) is 9.59 Å². The molecule has 1 N–H and O–H groups in total. The van der Waals surface area contributed by atoms with Gasteiger partial charge in [-0.15, -0.1) is 11.3 Å². The second-order valence-electron chi connectivity index (χ2n) is 5.46. The number of rotatable bonds is 8. The van der Waals surface area contributed by atoms with Crippen LogP contribution >= 0.6 is 11.3 Å². The molecule has 0 aliphatic heterocycles. The fourth-order valence-corrected chi connectivity index (χ4v) is 3.33. The third-order valence-electron chi connectivity index (χ3n) is 3.50. The highest BCUT2D eigenvalue weighted by Crippen LogP contribution is 2.39. The number of methoxy groups -OCH3 is 1. The van der Waals surface area contributed by atoms with E-state index in [0.29, 0.717) is 29.3 Å². The van der Waals surface area contributed by atoms with Gasteiger partial charge in [0.1, 0.15) is 0 Å². The molecule has 2 rings (SSSR count). The first-order chi connectivity index (χ1) is 11.6. The Labute approximate surface area is 146 Å². The molecular weight excluding hydrogens is 326 g/mol. The smallest absolute Gasteiger partial charge is 0.351 e. The van der Waals surface area contributed by atoms with Gasteiger partial charge >= 0.3 is 5.97 Å². The number of benzene rings is 1. The number of thiophene rings is 1. The Bertz CT molecular complexity index is 723. The summed E-state index contributed by atoms with van der Waals surface area (Å²) in [6.45, 7) is 4.57. The minimum atomic E-state index is -0.407. The van der Waals surface area contributed by atoms with Crippen LogP contribution in [0.5, 0.6) is 5.75 Å². The number of carbonyl (C=O) groups excluding carboxylic acids is 2. The number of nitrogens with one attached hydrogen (secondary N) is 1. The highest BCUT2D eigenvalue weighted by Gasteiger charge is 2.21. The van der Waals surface area contributed by atoms with Crippen molar-refractivity contribution in [3.05, 3.63) is 23.1 Å². The lowest BCUT2D eigenvalue weighted by Crippen LogP contribution is -2.10. The molecule has 130 valence electrons. The van der Waals surface area contributed by atoms with E-state index >= 15 is 0 Å². The molecule has 5 nitrogen and oxygen atoms in total. The van der Waals surface area contributed by atoms with E-state index in [1.165, 1.54) is 18.4 Å². The van der Waals surface area contributed by atoms with E-state index in [-0.39, 0.29) is 5.91 Å². The summed E-state index contributed by atoms with van der Waals surface area (Å²) in [4.78, 5) is 24.4. The number of esters is 1. The van der Waals surface area contributed by atoms with Crippen LogP contribution in [0.3, 0.4) is 0 Å². The molecule has 0 bridgehead atoms. The molecule has 1 heterocycles. The van der Waals surface area contributed by atoms with Crippen LogP contribution in [0.25, 0.3) is 10.1 Å². The van der Waals surface area contributed by atoms with Crippen LogP contribution in [0.4, 0.5) is 5.69 Å². The molecule has 1 aromatic heterocycles. The van der Waals surface area contributed by atoms with Gasteiger partial charge in [0.25, 0.3) is 0 Å². The van der Waals surface area contributed by atoms with Gasteiger partial charge in [-0.3, -0.25) is 4.79 Å². The fourth-order valence-electron chi connectivity index (χ4n) is 2.29. The van der Waals surface area contributed by atoms with Gasteiger partial charge in [0.05, 0.1) is 13.7 Å². The molecule has 0 unspecified atom stereocenters. The zero-order valence-electron chi connectivity index (χ0n) is 14.3. The molecule has 0 saturated heterocycles. The summed E-state index contributed by atoms with van der Waals surface area (Å²) in [5, 5.41) is 3.72. The summed E-state index contributed by atoms with van der Waals surface area (Å²) in [7, 11) is 1.36. The Balaban J connectivity index is 2.34. The van der Waals surface area contributed by atoms with E-state index in [1.54, 1.807) is 0 Å². The molecule has 0 aliphatic rings. The number of hydrogen-bond acceptors (Lipinski definition) is 5. The largest absolute Gasteiger partial charge is 0.491 e. The molecule has 2 aromatic rings. The minimum Gasteiger partial charge on any atom is -0.491 e. The van der Waals surface area contributed by atoms with Gasteiger partial charge < -0.3 is 14.8 Å². The van der Waals surface area contributed by atoms with Crippen LogP contribution < -0.4 is 10.1 Å². The van der Waals surface area contributed by atoms with E-state index in [0.717, 1.165) is 29.3 Å². The highest BCUT2D eigenvalue weighted by molar-refractivity contribution is 7.21. The summed E-state index contributed by atoms with van der Waals surface area (Å²) < 4.78 is 11.6. The van der Waals surface area contributed by atoms with Gasteiger partial charge in [-0.25, -0.2) is 4.79 Å². The van der Waals surface area contributed by atoms with Crippen LogP contribution in [-0.2, 0) is 9.53 Å². The van der Waals surface area contributed by atoms with Gasteiger partial charge in [0, 0.05) is 22.2 Å². The highest BCUT2D eigenvalue weighted by atomic mass is 32.1. The van der Waals surface area contributed by atoms with Crippen molar-refractivity contribution in [2.75, 3.05) is 19.0 Å². The van der Waals surface area contributed by atoms with E-state index in [4.69, 9.17) is 9.47 Å². The normalized spacial score (nSPS) is 10.6. The van der Waals surface area contributed by atoms with Crippen molar-refractivity contribution in [1.29, 1.82) is 0 Å². The van der Waals surface area contributed by atoms with E-state index < -0.39 is 5.97 Å². The van der Waals surface area contributed by atoms with Crippen molar-refractivity contribution in [3.63, 3.8) is 0 Å². The summed E-state index contributed by atoms with van der Waals surface area (Å²) >= 11 is 1.34. The second-order valence-corrected chi connectivity index (χ2v) is 6.52. The van der Waals surface area contributed by atoms with Crippen molar-refractivity contribution in [3.8, 4) is 5.75 Å². The number of fused-ring (bicyclic) bond motifs is 1. The molecule has 0 fully saturated rings. The Morgan fingerprint density at radius 2 is 2.00 bits per heavy atom. The van der Waals surface area contributed by atoms with Crippen molar-refractivity contribution in [2.45, 2.75) is 39.5 Å². The number of hydrogen-bond donors (Lipinski definition) is 1. The maximum absolute atomic E-state index is 12.0. The lowest BCUT2D eigenvalue weighted by molar-refractivity contribution is -0.116. The summed E-state index contributed by atoms with van der Waals surface area (Å²) in [6.07, 6.45) is 3.19. The quantitative estimate of drug-likeness (QED) is 0.707. The van der Waals surface area contributed by atoms with Crippen LogP contribution in [0, 0.1) is 0 Å². The Hall–Kier alpha value is -2.08. The Morgan fingerprint density at radius 3 is 2.67 bits per heavy atom. The zero-order chi connectivity index (χ0) is 17.5. The second kappa shape index (κ2) is 8.68. The molecule has 0 spiro atoms.